The van der Waals surface area contributed by atoms with Crippen LogP contribution in [0.1, 0.15) is 17.6 Å². The molecule has 16 heavy (non-hydrogen) atoms. The average molecular weight is 262 g/mol. The van der Waals surface area contributed by atoms with Crippen LogP contribution < -0.4 is 5.32 Å². The molecule has 0 saturated heterocycles. The van der Waals surface area contributed by atoms with E-state index in [-0.39, 0.29) is 11.8 Å². The third-order valence-corrected chi connectivity index (χ3v) is 3.95. The Kier molecular flexibility index (Phi) is 4.89. The summed E-state index contributed by atoms with van der Waals surface area (Å²) in [4.78, 5) is 4.35. The number of rotatable bonds is 6. The standard InChI is InChI=1S/C10H18N2O2S2/c1-4-11-10(7-16(3,13)14)5-9-6-15-8(2)12-9/h6,10-11H,4-5,7H2,1-3H3. The molecule has 6 heteroatoms. The SMILES string of the molecule is CCNC(Cc1csc(C)n1)CS(C)(=O)=O. The second-order valence-electron chi connectivity index (χ2n) is 3.91. The lowest BCUT2D eigenvalue weighted by Crippen LogP contribution is -2.37. The molecule has 0 aliphatic rings. The van der Waals surface area contributed by atoms with Crippen molar-refractivity contribution in [1.29, 1.82) is 0 Å². The minimum Gasteiger partial charge on any atom is -0.313 e. The number of hydrogen-bond donors (Lipinski definition) is 1. The first-order valence-corrected chi connectivity index (χ1v) is 8.17. The monoisotopic (exact) mass is 262 g/mol. The Morgan fingerprint density at radius 3 is 2.69 bits per heavy atom. The van der Waals surface area contributed by atoms with E-state index in [4.69, 9.17) is 0 Å². The zero-order chi connectivity index (χ0) is 12.2. The summed E-state index contributed by atoms with van der Waals surface area (Å²) in [6, 6.07) is -0.0403. The highest BCUT2D eigenvalue weighted by Gasteiger charge is 2.16. The number of nitrogens with zero attached hydrogens (tertiary/aromatic N) is 1. The van der Waals surface area contributed by atoms with Crippen molar-refractivity contribution in [1.82, 2.24) is 10.3 Å². The van der Waals surface area contributed by atoms with Crippen LogP contribution in [0.3, 0.4) is 0 Å². The molecule has 1 aromatic rings. The molecule has 0 spiro atoms. The van der Waals surface area contributed by atoms with Crippen LogP contribution in [0, 0.1) is 6.92 Å². The molecule has 1 N–H and O–H groups in total. The average Bonchev–Trinajstić information content (AvgIpc) is 2.48. The summed E-state index contributed by atoms with van der Waals surface area (Å²) < 4.78 is 22.5. The van der Waals surface area contributed by atoms with E-state index < -0.39 is 9.84 Å². The highest BCUT2D eigenvalue weighted by Crippen LogP contribution is 2.10. The van der Waals surface area contributed by atoms with Gasteiger partial charge in [-0.15, -0.1) is 11.3 Å². The zero-order valence-corrected chi connectivity index (χ0v) is 11.5. The lowest BCUT2D eigenvalue weighted by molar-refractivity contribution is 0.541. The summed E-state index contributed by atoms with van der Waals surface area (Å²) in [5, 5.41) is 6.19. The van der Waals surface area contributed by atoms with Gasteiger partial charge in [-0.3, -0.25) is 0 Å². The van der Waals surface area contributed by atoms with Gasteiger partial charge in [0.15, 0.2) is 0 Å². The van der Waals surface area contributed by atoms with Crippen LogP contribution in [0.2, 0.25) is 0 Å². The quantitative estimate of drug-likeness (QED) is 0.831. The Balaban J connectivity index is 2.64. The van der Waals surface area contributed by atoms with Gasteiger partial charge < -0.3 is 5.32 Å². The third kappa shape index (κ3) is 5.05. The van der Waals surface area contributed by atoms with Crippen LogP contribution in [-0.2, 0) is 16.3 Å². The van der Waals surface area contributed by atoms with Crippen LogP contribution in [0.25, 0.3) is 0 Å². The van der Waals surface area contributed by atoms with Gasteiger partial charge in [0.2, 0.25) is 0 Å². The number of sulfone groups is 1. The molecular formula is C10H18N2O2S2. The summed E-state index contributed by atoms with van der Waals surface area (Å²) in [5.41, 5.74) is 0.970. The van der Waals surface area contributed by atoms with Crippen molar-refractivity contribution in [3.05, 3.63) is 16.1 Å². The van der Waals surface area contributed by atoms with Crippen molar-refractivity contribution in [3.8, 4) is 0 Å². The molecule has 0 bridgehead atoms. The van der Waals surface area contributed by atoms with E-state index in [2.05, 4.69) is 10.3 Å². The first kappa shape index (κ1) is 13.6. The van der Waals surface area contributed by atoms with E-state index in [0.29, 0.717) is 6.42 Å². The molecule has 0 saturated carbocycles. The molecule has 0 aliphatic heterocycles. The number of likely N-dealkylation sites (N-methyl/N-ethyl adjacent to an activating group) is 1. The molecule has 1 aromatic heterocycles. The molecule has 4 nitrogen and oxygen atoms in total. The normalized spacial score (nSPS) is 13.9. The van der Waals surface area contributed by atoms with Gasteiger partial charge in [-0.25, -0.2) is 13.4 Å². The van der Waals surface area contributed by atoms with Crippen molar-refractivity contribution in [3.63, 3.8) is 0 Å². The van der Waals surface area contributed by atoms with E-state index in [1.807, 2.05) is 19.2 Å². The fourth-order valence-corrected chi connectivity index (χ4v) is 3.19. The molecule has 92 valence electrons. The lowest BCUT2D eigenvalue weighted by atomic mass is 10.2. The number of aryl methyl sites for hydroxylation is 1. The molecule has 1 unspecified atom stereocenters. The van der Waals surface area contributed by atoms with Crippen molar-refractivity contribution < 1.29 is 8.42 Å². The van der Waals surface area contributed by atoms with E-state index in [1.165, 1.54) is 6.26 Å². The smallest absolute Gasteiger partial charge is 0.148 e. The van der Waals surface area contributed by atoms with E-state index in [9.17, 15) is 8.42 Å². The molecule has 0 aliphatic carbocycles. The van der Waals surface area contributed by atoms with Crippen LogP contribution in [0.4, 0.5) is 0 Å². The zero-order valence-electron chi connectivity index (χ0n) is 9.86. The molecule has 0 amide bonds. The van der Waals surface area contributed by atoms with Crippen molar-refractivity contribution >= 4 is 21.2 Å². The number of nitrogens with one attached hydrogen (secondary N) is 1. The van der Waals surface area contributed by atoms with E-state index >= 15 is 0 Å². The fourth-order valence-electron chi connectivity index (χ4n) is 1.60. The Morgan fingerprint density at radius 2 is 2.25 bits per heavy atom. The first-order valence-electron chi connectivity index (χ1n) is 5.23. The maximum absolute atomic E-state index is 11.3. The number of aromatic nitrogens is 1. The first-order chi connectivity index (χ1) is 7.40. The molecule has 1 atom stereocenters. The van der Waals surface area contributed by atoms with Crippen molar-refractivity contribution in [2.24, 2.45) is 0 Å². The van der Waals surface area contributed by atoms with E-state index in [1.54, 1.807) is 11.3 Å². The summed E-state index contributed by atoms with van der Waals surface area (Å²) >= 11 is 1.59. The molecule has 0 radical (unpaired) electrons. The third-order valence-electron chi connectivity index (χ3n) is 2.12. The van der Waals surface area contributed by atoms with Crippen molar-refractivity contribution in [2.45, 2.75) is 26.3 Å². The van der Waals surface area contributed by atoms with Gasteiger partial charge in [-0.05, 0) is 13.5 Å². The molecule has 1 heterocycles. The highest BCUT2D eigenvalue weighted by atomic mass is 32.2. The van der Waals surface area contributed by atoms with Gasteiger partial charge in [0.05, 0.1) is 16.5 Å². The number of hydrogen-bond acceptors (Lipinski definition) is 5. The van der Waals surface area contributed by atoms with Crippen LogP contribution in [0.5, 0.6) is 0 Å². The van der Waals surface area contributed by atoms with E-state index in [0.717, 1.165) is 17.2 Å². The second kappa shape index (κ2) is 5.75. The van der Waals surface area contributed by atoms with Gasteiger partial charge in [0.1, 0.15) is 9.84 Å². The van der Waals surface area contributed by atoms with Gasteiger partial charge >= 0.3 is 0 Å². The topological polar surface area (TPSA) is 59.1 Å². The molecule has 1 rings (SSSR count). The summed E-state index contributed by atoms with van der Waals surface area (Å²) in [6.07, 6.45) is 1.94. The Hall–Kier alpha value is -0.460. The fraction of sp³-hybridized carbons (Fsp3) is 0.700. The number of thiazole rings is 1. The summed E-state index contributed by atoms with van der Waals surface area (Å²) in [7, 11) is -2.95. The van der Waals surface area contributed by atoms with Gasteiger partial charge in [0, 0.05) is 24.1 Å². The Labute approximate surface area is 101 Å². The maximum Gasteiger partial charge on any atom is 0.148 e. The molecular weight excluding hydrogens is 244 g/mol. The molecule has 0 fully saturated rings. The minimum atomic E-state index is -2.95. The summed E-state index contributed by atoms with van der Waals surface area (Å²) in [5.74, 6) is 0.164. The largest absolute Gasteiger partial charge is 0.313 e. The van der Waals surface area contributed by atoms with Gasteiger partial charge in [0.25, 0.3) is 0 Å². The van der Waals surface area contributed by atoms with Crippen LogP contribution in [-0.4, -0.2) is 38.0 Å². The second-order valence-corrected chi connectivity index (χ2v) is 7.16. The Morgan fingerprint density at radius 1 is 1.56 bits per heavy atom. The summed E-state index contributed by atoms with van der Waals surface area (Å²) in [6.45, 7) is 4.69. The van der Waals surface area contributed by atoms with Crippen molar-refractivity contribution in [2.75, 3.05) is 18.6 Å². The lowest BCUT2D eigenvalue weighted by Gasteiger charge is -2.15. The van der Waals surface area contributed by atoms with Gasteiger partial charge in [-0.2, -0.15) is 0 Å². The minimum absolute atomic E-state index is 0.0403. The predicted octanol–water partition coefficient (Wildman–Crippen LogP) is 1.02. The maximum atomic E-state index is 11.3. The molecule has 0 aromatic carbocycles. The van der Waals surface area contributed by atoms with Gasteiger partial charge in [-0.1, -0.05) is 6.92 Å². The Bertz CT molecular complexity index is 426. The highest BCUT2D eigenvalue weighted by molar-refractivity contribution is 7.90. The predicted molar refractivity (Wildman–Crippen MR) is 67.7 cm³/mol. The van der Waals surface area contributed by atoms with Crippen LogP contribution in [0.15, 0.2) is 5.38 Å². The van der Waals surface area contributed by atoms with Crippen LogP contribution >= 0.6 is 11.3 Å².